The van der Waals surface area contributed by atoms with Gasteiger partial charge < -0.3 is 19.3 Å². The van der Waals surface area contributed by atoms with E-state index in [1.807, 2.05) is 6.07 Å². The summed E-state index contributed by atoms with van der Waals surface area (Å²) < 4.78 is 16.8. The number of aliphatic hydroxyl groups excluding tert-OH is 1. The van der Waals surface area contributed by atoms with E-state index in [1.165, 1.54) is 5.56 Å². The van der Waals surface area contributed by atoms with E-state index in [9.17, 15) is 5.11 Å². The Hall–Kier alpha value is -1.38. The van der Waals surface area contributed by atoms with Crippen LogP contribution in [-0.2, 0) is 11.3 Å². The highest BCUT2D eigenvalue weighted by Crippen LogP contribution is 2.29. The molecule has 2 aliphatic heterocycles. The van der Waals surface area contributed by atoms with Crippen molar-refractivity contribution in [2.24, 2.45) is 0 Å². The van der Waals surface area contributed by atoms with Gasteiger partial charge in [-0.1, -0.05) is 6.07 Å². The first kappa shape index (κ1) is 22.3. The second kappa shape index (κ2) is 10.1. The number of piperazine rings is 1. The second-order valence-corrected chi connectivity index (χ2v) is 8.81. The molecule has 2 aliphatic rings. The first-order chi connectivity index (χ1) is 13.9. The molecule has 0 saturated carbocycles. The highest BCUT2D eigenvalue weighted by atomic mass is 16.5. The van der Waals surface area contributed by atoms with Gasteiger partial charge in [-0.15, -0.1) is 0 Å². The molecule has 1 aromatic carbocycles. The fraction of sp³-hybridized carbons (Fsp3) is 0.727. The van der Waals surface area contributed by atoms with Crippen molar-refractivity contribution < 1.29 is 19.3 Å². The van der Waals surface area contributed by atoms with E-state index in [4.69, 9.17) is 14.2 Å². The predicted molar refractivity (Wildman–Crippen MR) is 114 cm³/mol. The minimum Gasteiger partial charge on any atom is -0.493 e. The van der Waals surface area contributed by atoms with Crippen molar-refractivity contribution >= 4 is 0 Å². The summed E-state index contributed by atoms with van der Waals surface area (Å²) in [6, 6.07) is 6.10. The van der Waals surface area contributed by atoms with Crippen LogP contribution in [-0.4, -0.2) is 105 Å². The Morgan fingerprint density at radius 1 is 1.10 bits per heavy atom. The van der Waals surface area contributed by atoms with Crippen LogP contribution in [0.4, 0.5) is 0 Å². The second-order valence-electron chi connectivity index (χ2n) is 8.81. The highest BCUT2D eigenvalue weighted by Gasteiger charge is 2.30. The van der Waals surface area contributed by atoms with Crippen LogP contribution in [0.2, 0.25) is 0 Å². The van der Waals surface area contributed by atoms with Crippen LogP contribution in [0.25, 0.3) is 0 Å². The average molecular weight is 408 g/mol. The van der Waals surface area contributed by atoms with Crippen molar-refractivity contribution in [2.75, 3.05) is 73.2 Å². The molecule has 29 heavy (non-hydrogen) atoms. The van der Waals surface area contributed by atoms with Crippen LogP contribution < -0.4 is 9.47 Å². The smallest absolute Gasteiger partial charge is 0.161 e. The number of hydrogen-bond acceptors (Lipinski definition) is 7. The third-order valence-electron chi connectivity index (χ3n) is 6.03. The monoisotopic (exact) mass is 407 g/mol. The van der Waals surface area contributed by atoms with Crippen molar-refractivity contribution in [2.45, 2.75) is 32.0 Å². The zero-order valence-electron chi connectivity index (χ0n) is 18.4. The van der Waals surface area contributed by atoms with Crippen LogP contribution >= 0.6 is 0 Å². The van der Waals surface area contributed by atoms with Crippen molar-refractivity contribution in [3.8, 4) is 11.5 Å². The molecular weight excluding hydrogens is 370 g/mol. The van der Waals surface area contributed by atoms with E-state index < -0.39 is 6.10 Å². The SMILES string of the molecule is COc1cc(CN2CCN(C)C(C)(C)C2)ccc1OCC(O)CN1CCOCC1. The summed E-state index contributed by atoms with van der Waals surface area (Å²) in [4.78, 5) is 7.11. The number of benzene rings is 1. The topological polar surface area (TPSA) is 57.6 Å². The minimum atomic E-state index is -0.537. The Morgan fingerprint density at radius 3 is 2.55 bits per heavy atom. The molecule has 1 N–H and O–H groups in total. The van der Waals surface area contributed by atoms with Gasteiger partial charge in [-0.2, -0.15) is 0 Å². The maximum atomic E-state index is 10.3. The van der Waals surface area contributed by atoms with Crippen LogP contribution in [0, 0.1) is 0 Å². The normalized spacial score (nSPS) is 22.4. The standard InChI is InChI=1S/C22H37N3O4/c1-22(2)17-25(8-7-23(22)3)14-18-5-6-20(21(13-18)27-4)29-16-19(26)15-24-9-11-28-12-10-24/h5-6,13,19,26H,7-12,14-17H2,1-4H3. The molecule has 0 spiro atoms. The molecule has 1 atom stereocenters. The number of methoxy groups -OCH3 is 1. The van der Waals surface area contributed by atoms with Gasteiger partial charge in [0.2, 0.25) is 0 Å². The molecule has 7 nitrogen and oxygen atoms in total. The summed E-state index contributed by atoms with van der Waals surface area (Å²) >= 11 is 0. The number of β-amino-alcohol motifs (C(OH)–C–C–N with tert-alkyl or cyclic N) is 1. The molecule has 1 aromatic rings. The molecule has 0 bridgehead atoms. The quantitative estimate of drug-likeness (QED) is 0.697. The summed E-state index contributed by atoms with van der Waals surface area (Å²) in [5, 5.41) is 10.3. The van der Waals surface area contributed by atoms with Gasteiger partial charge in [-0.3, -0.25) is 14.7 Å². The van der Waals surface area contributed by atoms with Crippen molar-refractivity contribution in [3.63, 3.8) is 0 Å². The molecule has 164 valence electrons. The fourth-order valence-electron chi connectivity index (χ4n) is 3.98. The minimum absolute atomic E-state index is 0.183. The molecule has 3 rings (SSSR count). The molecular formula is C22H37N3O4. The van der Waals surface area contributed by atoms with Crippen LogP contribution in [0.15, 0.2) is 18.2 Å². The van der Waals surface area contributed by atoms with Gasteiger partial charge in [0.15, 0.2) is 11.5 Å². The zero-order chi connectivity index (χ0) is 20.9. The summed E-state index contributed by atoms with van der Waals surface area (Å²) in [6.45, 7) is 12.7. The Balaban J connectivity index is 1.53. The highest BCUT2D eigenvalue weighted by molar-refractivity contribution is 5.43. The number of ether oxygens (including phenoxy) is 3. The Labute approximate surface area is 175 Å². The molecule has 0 amide bonds. The number of likely N-dealkylation sites (N-methyl/N-ethyl adjacent to an activating group) is 1. The number of nitrogens with zero attached hydrogens (tertiary/aromatic N) is 3. The van der Waals surface area contributed by atoms with Crippen molar-refractivity contribution in [3.05, 3.63) is 23.8 Å². The van der Waals surface area contributed by atoms with E-state index >= 15 is 0 Å². The number of rotatable bonds is 8. The maximum absolute atomic E-state index is 10.3. The number of aliphatic hydroxyl groups is 1. The zero-order valence-corrected chi connectivity index (χ0v) is 18.4. The lowest BCUT2D eigenvalue weighted by Gasteiger charge is -2.45. The number of hydrogen-bond donors (Lipinski definition) is 1. The van der Waals surface area contributed by atoms with Crippen LogP contribution in [0.5, 0.6) is 11.5 Å². The van der Waals surface area contributed by atoms with Crippen LogP contribution in [0.3, 0.4) is 0 Å². The molecule has 0 aliphatic carbocycles. The third kappa shape index (κ3) is 6.30. The molecule has 2 saturated heterocycles. The van der Waals surface area contributed by atoms with E-state index in [-0.39, 0.29) is 12.1 Å². The molecule has 0 aromatic heterocycles. The maximum Gasteiger partial charge on any atom is 0.161 e. The van der Waals surface area contributed by atoms with E-state index in [0.717, 1.165) is 58.2 Å². The molecule has 2 fully saturated rings. The van der Waals surface area contributed by atoms with Gasteiger partial charge in [-0.25, -0.2) is 0 Å². The summed E-state index contributed by atoms with van der Waals surface area (Å²) in [5.74, 6) is 1.39. The van der Waals surface area contributed by atoms with Crippen molar-refractivity contribution in [1.29, 1.82) is 0 Å². The summed E-state index contributed by atoms with van der Waals surface area (Å²) in [7, 11) is 3.86. The molecule has 0 radical (unpaired) electrons. The summed E-state index contributed by atoms with van der Waals surface area (Å²) in [6.07, 6.45) is -0.537. The molecule has 2 heterocycles. The van der Waals surface area contributed by atoms with E-state index in [2.05, 4.69) is 47.7 Å². The van der Waals surface area contributed by atoms with E-state index in [1.54, 1.807) is 7.11 Å². The molecule has 7 heteroatoms. The Kier molecular flexibility index (Phi) is 7.76. The van der Waals surface area contributed by atoms with E-state index in [0.29, 0.717) is 12.3 Å². The fourth-order valence-corrected chi connectivity index (χ4v) is 3.98. The van der Waals surface area contributed by atoms with Gasteiger partial charge in [0.25, 0.3) is 0 Å². The predicted octanol–water partition coefficient (Wildman–Crippen LogP) is 1.29. The lowest BCUT2D eigenvalue weighted by Crippen LogP contribution is -2.57. The Bertz CT molecular complexity index is 649. The van der Waals surface area contributed by atoms with Gasteiger partial charge in [0.1, 0.15) is 12.7 Å². The lowest BCUT2D eigenvalue weighted by atomic mass is 9.99. The average Bonchev–Trinajstić information content (AvgIpc) is 2.70. The largest absolute Gasteiger partial charge is 0.493 e. The van der Waals surface area contributed by atoms with Gasteiger partial charge >= 0.3 is 0 Å². The summed E-state index contributed by atoms with van der Waals surface area (Å²) in [5.41, 5.74) is 1.39. The van der Waals surface area contributed by atoms with Crippen molar-refractivity contribution in [1.82, 2.24) is 14.7 Å². The first-order valence-corrected chi connectivity index (χ1v) is 10.6. The Morgan fingerprint density at radius 2 is 1.86 bits per heavy atom. The van der Waals surface area contributed by atoms with Gasteiger partial charge in [0, 0.05) is 51.4 Å². The van der Waals surface area contributed by atoms with Gasteiger partial charge in [-0.05, 0) is 38.6 Å². The van der Waals surface area contributed by atoms with Gasteiger partial charge in [0.05, 0.1) is 20.3 Å². The van der Waals surface area contributed by atoms with Crippen LogP contribution in [0.1, 0.15) is 19.4 Å². The third-order valence-corrected chi connectivity index (χ3v) is 6.03. The first-order valence-electron chi connectivity index (χ1n) is 10.6. The molecule has 1 unspecified atom stereocenters. The number of morpholine rings is 1. The lowest BCUT2D eigenvalue weighted by molar-refractivity contribution is 0.00445.